The monoisotopic (exact) mass is 276 g/mol. The van der Waals surface area contributed by atoms with E-state index < -0.39 is 0 Å². The largest absolute Gasteiger partial charge is 0.317 e. The summed E-state index contributed by atoms with van der Waals surface area (Å²) in [4.78, 5) is 0. The fourth-order valence-corrected chi connectivity index (χ4v) is 2.39. The topological polar surface area (TPSA) is 24.1 Å². The molecule has 0 bridgehead atoms. The van der Waals surface area contributed by atoms with E-state index in [0.29, 0.717) is 12.1 Å². The summed E-state index contributed by atoms with van der Waals surface area (Å²) >= 11 is 0. The first kappa shape index (κ1) is 17.2. The minimum atomic E-state index is 0.628. The normalized spacial score (nSPS) is 14.2. The third-order valence-corrected chi connectivity index (χ3v) is 4.21. The summed E-state index contributed by atoms with van der Waals surface area (Å²) in [6, 6.07) is 10.5. The van der Waals surface area contributed by atoms with E-state index in [0.717, 1.165) is 0 Å². The Hall–Kier alpha value is -0.860. The van der Waals surface area contributed by atoms with Gasteiger partial charge in [-0.05, 0) is 77.6 Å². The van der Waals surface area contributed by atoms with Crippen LogP contribution in [0.15, 0.2) is 24.3 Å². The van der Waals surface area contributed by atoms with Crippen LogP contribution in [-0.4, -0.2) is 26.2 Å². The first-order valence-corrected chi connectivity index (χ1v) is 8.08. The number of rotatable bonds is 10. The minimum absolute atomic E-state index is 0.628. The van der Waals surface area contributed by atoms with Crippen molar-refractivity contribution < 1.29 is 0 Å². The maximum Gasteiger partial charge on any atom is 0.00358 e. The molecule has 2 atom stereocenters. The summed E-state index contributed by atoms with van der Waals surface area (Å²) in [5.74, 6) is 0. The highest BCUT2D eigenvalue weighted by Crippen LogP contribution is 2.11. The van der Waals surface area contributed by atoms with E-state index in [1.54, 1.807) is 0 Å². The number of hydrogen-bond donors (Lipinski definition) is 2. The molecule has 0 aliphatic carbocycles. The van der Waals surface area contributed by atoms with Crippen molar-refractivity contribution in [2.45, 2.75) is 64.5 Å². The van der Waals surface area contributed by atoms with Gasteiger partial charge in [-0.2, -0.15) is 0 Å². The van der Waals surface area contributed by atoms with E-state index >= 15 is 0 Å². The van der Waals surface area contributed by atoms with Gasteiger partial charge >= 0.3 is 0 Å². The molecule has 0 saturated heterocycles. The zero-order valence-electron chi connectivity index (χ0n) is 13.7. The first-order chi connectivity index (χ1) is 9.65. The second kappa shape index (κ2) is 9.95. The van der Waals surface area contributed by atoms with Crippen LogP contribution in [0.25, 0.3) is 0 Å². The van der Waals surface area contributed by atoms with Gasteiger partial charge in [0.25, 0.3) is 0 Å². The Morgan fingerprint density at radius 3 is 1.40 bits per heavy atom. The molecule has 2 nitrogen and oxygen atoms in total. The van der Waals surface area contributed by atoms with Crippen molar-refractivity contribution in [1.82, 2.24) is 10.6 Å². The smallest absolute Gasteiger partial charge is 0.00358 e. The summed E-state index contributed by atoms with van der Waals surface area (Å²) in [7, 11) is 4.07. The third kappa shape index (κ3) is 7.06. The lowest BCUT2D eigenvalue weighted by atomic mass is 10.0. The molecule has 0 aromatic heterocycles. The molecule has 0 heterocycles. The Bertz CT molecular complexity index is 310. The average molecular weight is 276 g/mol. The number of benzene rings is 1. The summed E-state index contributed by atoms with van der Waals surface area (Å²) in [5.41, 5.74) is 2.95. The van der Waals surface area contributed by atoms with E-state index in [9.17, 15) is 0 Å². The maximum absolute atomic E-state index is 3.29. The summed E-state index contributed by atoms with van der Waals surface area (Å²) in [6.45, 7) is 4.49. The second-order valence-electron chi connectivity index (χ2n) is 5.98. The van der Waals surface area contributed by atoms with Gasteiger partial charge in [-0.25, -0.2) is 0 Å². The molecule has 0 fully saturated rings. The van der Waals surface area contributed by atoms with Gasteiger partial charge in [-0.3, -0.25) is 0 Å². The molecule has 0 aliphatic heterocycles. The predicted molar refractivity (Wildman–Crippen MR) is 89.4 cm³/mol. The van der Waals surface area contributed by atoms with E-state index in [1.165, 1.54) is 49.7 Å². The molecule has 0 spiro atoms. The second-order valence-corrected chi connectivity index (χ2v) is 5.98. The third-order valence-electron chi connectivity index (χ3n) is 4.21. The molecular formula is C18H32N2. The lowest BCUT2D eigenvalue weighted by Gasteiger charge is -2.10. The van der Waals surface area contributed by atoms with Crippen LogP contribution in [0.3, 0.4) is 0 Å². The van der Waals surface area contributed by atoms with E-state index in [1.807, 2.05) is 14.1 Å². The Morgan fingerprint density at radius 1 is 0.750 bits per heavy atom. The van der Waals surface area contributed by atoms with Crippen LogP contribution in [0.5, 0.6) is 0 Å². The number of nitrogens with one attached hydrogen (secondary N) is 2. The van der Waals surface area contributed by atoms with Crippen molar-refractivity contribution in [3.05, 3.63) is 35.4 Å². The van der Waals surface area contributed by atoms with Crippen molar-refractivity contribution in [3.8, 4) is 0 Å². The van der Waals surface area contributed by atoms with Gasteiger partial charge in [-0.15, -0.1) is 0 Å². The molecule has 0 radical (unpaired) electrons. The highest BCUT2D eigenvalue weighted by atomic mass is 14.8. The lowest BCUT2D eigenvalue weighted by Crippen LogP contribution is -2.20. The number of hydrogen-bond acceptors (Lipinski definition) is 2. The molecule has 1 rings (SSSR count). The Labute approximate surface area is 125 Å². The molecule has 2 heteroatoms. The Kier molecular flexibility index (Phi) is 8.56. The van der Waals surface area contributed by atoms with Gasteiger partial charge < -0.3 is 10.6 Å². The minimum Gasteiger partial charge on any atom is -0.317 e. The maximum atomic E-state index is 3.29. The molecule has 0 aliphatic rings. The average Bonchev–Trinajstić information content (AvgIpc) is 2.48. The van der Waals surface area contributed by atoms with Crippen molar-refractivity contribution in [1.29, 1.82) is 0 Å². The van der Waals surface area contributed by atoms with Crippen molar-refractivity contribution in [2.75, 3.05) is 14.1 Å². The molecular weight excluding hydrogens is 244 g/mol. The van der Waals surface area contributed by atoms with Crippen LogP contribution in [0.4, 0.5) is 0 Å². The zero-order valence-corrected chi connectivity index (χ0v) is 13.7. The van der Waals surface area contributed by atoms with Gasteiger partial charge in [0, 0.05) is 12.1 Å². The first-order valence-electron chi connectivity index (χ1n) is 8.08. The Balaban J connectivity index is 2.26. The van der Waals surface area contributed by atoms with Crippen molar-refractivity contribution in [2.24, 2.45) is 0 Å². The van der Waals surface area contributed by atoms with E-state index in [2.05, 4.69) is 48.7 Å². The van der Waals surface area contributed by atoms with Crippen LogP contribution < -0.4 is 10.6 Å². The molecule has 2 N–H and O–H groups in total. The molecule has 2 unspecified atom stereocenters. The van der Waals surface area contributed by atoms with Crippen LogP contribution >= 0.6 is 0 Å². The number of aryl methyl sites for hydroxylation is 2. The summed E-state index contributed by atoms with van der Waals surface area (Å²) in [5, 5.41) is 6.58. The molecule has 1 aromatic carbocycles. The Morgan fingerprint density at radius 2 is 1.10 bits per heavy atom. The van der Waals surface area contributed by atoms with Crippen LogP contribution in [-0.2, 0) is 12.8 Å². The van der Waals surface area contributed by atoms with Gasteiger partial charge in [0.2, 0.25) is 0 Å². The van der Waals surface area contributed by atoms with Gasteiger partial charge in [0.05, 0.1) is 0 Å². The quantitative estimate of drug-likeness (QED) is 0.683. The van der Waals surface area contributed by atoms with Crippen LogP contribution in [0, 0.1) is 0 Å². The van der Waals surface area contributed by atoms with E-state index in [4.69, 9.17) is 0 Å². The van der Waals surface area contributed by atoms with Crippen molar-refractivity contribution in [3.63, 3.8) is 0 Å². The van der Waals surface area contributed by atoms with Crippen LogP contribution in [0.1, 0.15) is 50.7 Å². The molecule has 1 aromatic rings. The van der Waals surface area contributed by atoms with Gasteiger partial charge in [-0.1, -0.05) is 24.3 Å². The highest BCUT2D eigenvalue weighted by molar-refractivity contribution is 5.22. The van der Waals surface area contributed by atoms with Crippen LogP contribution in [0.2, 0.25) is 0 Å². The fourth-order valence-electron chi connectivity index (χ4n) is 2.39. The van der Waals surface area contributed by atoms with E-state index in [-0.39, 0.29) is 0 Å². The standard InChI is InChI=1S/C18H32N2/c1-15(19-3)7-5-9-17-11-13-18(14-12-17)10-6-8-16(2)20-4/h11-16,19-20H,5-10H2,1-4H3. The zero-order chi connectivity index (χ0) is 14.8. The fraction of sp³-hybridized carbons (Fsp3) is 0.667. The molecule has 114 valence electrons. The predicted octanol–water partition coefficient (Wildman–Crippen LogP) is 3.55. The highest BCUT2D eigenvalue weighted by Gasteiger charge is 2.01. The van der Waals surface area contributed by atoms with Gasteiger partial charge in [0.15, 0.2) is 0 Å². The molecule has 0 saturated carbocycles. The molecule has 0 amide bonds. The van der Waals surface area contributed by atoms with Crippen molar-refractivity contribution >= 4 is 0 Å². The van der Waals surface area contributed by atoms with Gasteiger partial charge in [0.1, 0.15) is 0 Å². The summed E-state index contributed by atoms with van der Waals surface area (Å²) in [6.07, 6.45) is 7.43. The summed E-state index contributed by atoms with van der Waals surface area (Å²) < 4.78 is 0. The molecule has 20 heavy (non-hydrogen) atoms. The lowest BCUT2D eigenvalue weighted by molar-refractivity contribution is 0.540. The SMILES string of the molecule is CNC(C)CCCc1ccc(CCCC(C)NC)cc1.